The van der Waals surface area contributed by atoms with Crippen molar-refractivity contribution in [3.63, 3.8) is 0 Å². The van der Waals surface area contributed by atoms with Gasteiger partial charge < -0.3 is 34.9 Å². The smallest absolute Gasteiger partial charge is 0.272 e. The largest absolute Gasteiger partial charge is 0.497 e. The number of anilines is 2. The van der Waals surface area contributed by atoms with Crippen LogP contribution in [0.5, 0.6) is 23.0 Å². The van der Waals surface area contributed by atoms with Crippen LogP contribution in [0, 0.1) is 0 Å². The van der Waals surface area contributed by atoms with Crippen LogP contribution in [0.2, 0.25) is 0 Å². The van der Waals surface area contributed by atoms with Crippen molar-refractivity contribution >= 4 is 17.4 Å². The minimum Gasteiger partial charge on any atom is -0.497 e. The third-order valence-corrected chi connectivity index (χ3v) is 5.90. The van der Waals surface area contributed by atoms with Crippen molar-refractivity contribution in [2.75, 3.05) is 51.1 Å². The van der Waals surface area contributed by atoms with Crippen molar-refractivity contribution in [2.45, 2.75) is 12.5 Å². The first kappa shape index (κ1) is 24.1. The average Bonchev–Trinajstić information content (AvgIpc) is 2.89. The number of hydrogen-bond acceptors (Lipinski definition) is 9. The molecule has 35 heavy (non-hydrogen) atoms. The molecule has 3 heterocycles. The summed E-state index contributed by atoms with van der Waals surface area (Å²) < 4.78 is 16.5. The molecule has 3 aromatic rings. The number of aromatic nitrogens is 2. The number of benzene rings is 1. The van der Waals surface area contributed by atoms with E-state index >= 15 is 0 Å². The van der Waals surface area contributed by atoms with E-state index in [-0.39, 0.29) is 24.2 Å². The molecule has 1 fully saturated rings. The first-order valence-electron chi connectivity index (χ1n) is 11.3. The maximum absolute atomic E-state index is 13.4. The Morgan fingerprint density at radius 3 is 2.46 bits per heavy atom. The van der Waals surface area contributed by atoms with Crippen LogP contribution in [-0.2, 0) is 0 Å². The second-order valence-electron chi connectivity index (χ2n) is 8.05. The molecule has 4 rings (SSSR count). The molecule has 1 saturated heterocycles. The standard InChI is InChI=1S/C25H29N5O5/c1-33-19-4-6-20(7-5-19)35-23-15-27-21(13-22(23)34-2)25(32)30-11-10-29(16-18(30)9-12-31)17-3-8-24(26)28-14-17/h3-8,13-15,18,31H,9-12,16H2,1-2H3,(H2,26,28)/t18-/m0/s1. The average molecular weight is 480 g/mol. The molecule has 2 aromatic heterocycles. The van der Waals surface area contributed by atoms with Gasteiger partial charge in [0.05, 0.1) is 38.3 Å². The van der Waals surface area contributed by atoms with Gasteiger partial charge in [-0.25, -0.2) is 9.97 Å². The van der Waals surface area contributed by atoms with Gasteiger partial charge in [-0.15, -0.1) is 0 Å². The van der Waals surface area contributed by atoms with E-state index in [9.17, 15) is 9.90 Å². The lowest BCUT2D eigenvalue weighted by atomic mass is 10.1. The maximum Gasteiger partial charge on any atom is 0.272 e. The summed E-state index contributed by atoms with van der Waals surface area (Å²) >= 11 is 0. The maximum atomic E-state index is 13.4. The van der Waals surface area contributed by atoms with Crippen LogP contribution < -0.4 is 24.8 Å². The van der Waals surface area contributed by atoms with E-state index in [1.807, 2.05) is 6.07 Å². The molecule has 10 nitrogen and oxygen atoms in total. The lowest BCUT2D eigenvalue weighted by molar-refractivity contribution is 0.0618. The molecule has 0 spiro atoms. The van der Waals surface area contributed by atoms with Crippen molar-refractivity contribution in [3.8, 4) is 23.0 Å². The number of rotatable bonds is 8. The van der Waals surface area contributed by atoms with Gasteiger partial charge in [-0.3, -0.25) is 4.79 Å². The van der Waals surface area contributed by atoms with Gasteiger partial charge in [-0.1, -0.05) is 0 Å². The Kier molecular flexibility index (Phi) is 7.51. The topological polar surface area (TPSA) is 123 Å². The highest BCUT2D eigenvalue weighted by atomic mass is 16.5. The van der Waals surface area contributed by atoms with Crippen LogP contribution in [0.15, 0.2) is 54.9 Å². The second kappa shape index (κ2) is 10.9. The van der Waals surface area contributed by atoms with Gasteiger partial charge >= 0.3 is 0 Å². The Labute approximate surface area is 203 Å². The van der Waals surface area contributed by atoms with Crippen molar-refractivity contribution in [3.05, 3.63) is 60.6 Å². The van der Waals surface area contributed by atoms with Crippen LogP contribution in [0.3, 0.4) is 0 Å². The highest BCUT2D eigenvalue weighted by Crippen LogP contribution is 2.32. The molecule has 1 atom stereocenters. The number of aliphatic hydroxyl groups excluding tert-OH is 1. The summed E-state index contributed by atoms with van der Waals surface area (Å²) in [6.07, 6.45) is 3.64. The number of pyridine rings is 2. The fourth-order valence-corrected chi connectivity index (χ4v) is 4.03. The summed E-state index contributed by atoms with van der Waals surface area (Å²) in [5, 5.41) is 9.63. The molecule has 1 aromatic carbocycles. The molecule has 10 heteroatoms. The van der Waals surface area contributed by atoms with E-state index in [0.29, 0.717) is 54.9 Å². The fraction of sp³-hybridized carbons (Fsp3) is 0.320. The van der Waals surface area contributed by atoms with Gasteiger partial charge in [-0.05, 0) is 42.8 Å². The molecule has 0 saturated carbocycles. The van der Waals surface area contributed by atoms with E-state index < -0.39 is 0 Å². The zero-order valence-corrected chi connectivity index (χ0v) is 19.8. The minimum absolute atomic E-state index is 0.0341. The highest BCUT2D eigenvalue weighted by molar-refractivity contribution is 5.93. The lowest BCUT2D eigenvalue weighted by Gasteiger charge is -2.42. The zero-order chi connectivity index (χ0) is 24.8. The first-order valence-corrected chi connectivity index (χ1v) is 11.3. The monoisotopic (exact) mass is 479 g/mol. The molecule has 0 bridgehead atoms. The first-order chi connectivity index (χ1) is 17.0. The van der Waals surface area contributed by atoms with Gasteiger partial charge in [0.1, 0.15) is 23.0 Å². The van der Waals surface area contributed by atoms with Gasteiger partial charge in [0.25, 0.3) is 5.91 Å². The molecular formula is C25H29N5O5. The Bertz CT molecular complexity index is 1140. The van der Waals surface area contributed by atoms with Gasteiger partial charge in [0.15, 0.2) is 11.5 Å². The van der Waals surface area contributed by atoms with E-state index in [1.54, 1.807) is 54.6 Å². The summed E-state index contributed by atoms with van der Waals surface area (Å²) in [7, 11) is 3.11. The van der Waals surface area contributed by atoms with Crippen LogP contribution >= 0.6 is 0 Å². The number of carbonyl (C=O) groups excluding carboxylic acids is 1. The van der Waals surface area contributed by atoms with Crippen molar-refractivity contribution in [1.29, 1.82) is 0 Å². The number of nitrogen functional groups attached to an aromatic ring is 1. The molecule has 0 unspecified atom stereocenters. The van der Waals surface area contributed by atoms with E-state index in [0.717, 1.165) is 5.69 Å². The molecule has 1 amide bonds. The Morgan fingerprint density at radius 1 is 1.03 bits per heavy atom. The summed E-state index contributed by atoms with van der Waals surface area (Å²) in [6, 6.07) is 12.2. The predicted molar refractivity (Wildman–Crippen MR) is 131 cm³/mol. The zero-order valence-electron chi connectivity index (χ0n) is 19.8. The molecule has 0 aliphatic carbocycles. The van der Waals surface area contributed by atoms with Gasteiger partial charge in [0, 0.05) is 32.3 Å². The summed E-state index contributed by atoms with van der Waals surface area (Å²) in [5.41, 5.74) is 6.87. The van der Waals surface area contributed by atoms with Gasteiger partial charge in [0.2, 0.25) is 0 Å². The number of amides is 1. The quantitative estimate of drug-likeness (QED) is 0.502. The Balaban J connectivity index is 1.50. The van der Waals surface area contributed by atoms with Crippen molar-refractivity contribution < 1.29 is 24.1 Å². The highest BCUT2D eigenvalue weighted by Gasteiger charge is 2.32. The van der Waals surface area contributed by atoms with Crippen LogP contribution in [0.25, 0.3) is 0 Å². The summed E-state index contributed by atoms with van der Waals surface area (Å²) in [4.78, 5) is 25.8. The van der Waals surface area contributed by atoms with Crippen LogP contribution in [0.4, 0.5) is 11.5 Å². The minimum atomic E-state index is -0.229. The molecule has 1 aliphatic rings. The fourth-order valence-electron chi connectivity index (χ4n) is 4.03. The second-order valence-corrected chi connectivity index (χ2v) is 8.05. The van der Waals surface area contributed by atoms with Crippen LogP contribution in [0.1, 0.15) is 16.9 Å². The van der Waals surface area contributed by atoms with Crippen molar-refractivity contribution in [2.24, 2.45) is 0 Å². The number of piperazine rings is 1. The third kappa shape index (κ3) is 5.55. The Hall–Kier alpha value is -4.05. The number of methoxy groups -OCH3 is 2. The van der Waals surface area contributed by atoms with E-state index in [4.69, 9.17) is 19.9 Å². The molecule has 1 aliphatic heterocycles. The molecular weight excluding hydrogens is 450 g/mol. The van der Waals surface area contributed by atoms with Crippen LogP contribution in [-0.4, -0.2) is 72.4 Å². The number of aliphatic hydroxyl groups is 1. The SMILES string of the molecule is COc1ccc(Oc2cnc(C(=O)N3CCN(c4ccc(N)nc4)C[C@@H]3CCO)cc2OC)cc1. The number of carbonyl (C=O) groups is 1. The van der Waals surface area contributed by atoms with Gasteiger partial charge in [-0.2, -0.15) is 0 Å². The Morgan fingerprint density at radius 2 is 1.80 bits per heavy atom. The number of nitrogens with zero attached hydrogens (tertiary/aromatic N) is 4. The number of hydrogen-bond donors (Lipinski definition) is 2. The van der Waals surface area contributed by atoms with E-state index in [2.05, 4.69) is 14.9 Å². The number of nitrogens with two attached hydrogens (primary N) is 1. The summed E-state index contributed by atoms with van der Waals surface area (Å²) in [6.45, 7) is 1.62. The number of ether oxygens (including phenoxy) is 3. The van der Waals surface area contributed by atoms with Crippen molar-refractivity contribution in [1.82, 2.24) is 14.9 Å². The molecule has 184 valence electrons. The predicted octanol–water partition coefficient (Wildman–Crippen LogP) is 2.58. The van der Waals surface area contributed by atoms with E-state index in [1.165, 1.54) is 13.3 Å². The molecule has 0 radical (unpaired) electrons. The normalized spacial score (nSPS) is 15.6. The third-order valence-electron chi connectivity index (χ3n) is 5.90. The lowest BCUT2D eigenvalue weighted by Crippen LogP contribution is -2.55. The summed E-state index contributed by atoms with van der Waals surface area (Å²) in [5.74, 6) is 2.31. The molecule has 3 N–H and O–H groups in total.